The molecule has 26 heavy (non-hydrogen) atoms. The zero-order valence-electron chi connectivity index (χ0n) is 14.8. The van der Waals surface area contributed by atoms with Gasteiger partial charge in [0.2, 0.25) is 0 Å². The van der Waals surface area contributed by atoms with Gasteiger partial charge >= 0.3 is 0 Å². The van der Waals surface area contributed by atoms with Gasteiger partial charge in [-0.1, -0.05) is 17.7 Å². The molecule has 5 nitrogen and oxygen atoms in total. The maximum Gasteiger partial charge on any atom is 0.257 e. The van der Waals surface area contributed by atoms with Gasteiger partial charge in [-0.15, -0.1) is 12.4 Å². The van der Waals surface area contributed by atoms with Gasteiger partial charge in [0.1, 0.15) is 0 Å². The summed E-state index contributed by atoms with van der Waals surface area (Å²) < 4.78 is 1.89. The van der Waals surface area contributed by atoms with Gasteiger partial charge in [0.15, 0.2) is 0 Å². The van der Waals surface area contributed by atoms with Crippen molar-refractivity contribution in [1.29, 1.82) is 0 Å². The second kappa shape index (κ2) is 7.59. The normalized spacial score (nSPS) is 20.0. The van der Waals surface area contributed by atoms with Crippen LogP contribution in [0.15, 0.2) is 24.4 Å². The fraction of sp³-hybridized carbons (Fsp3) is 0.474. The Hall–Kier alpha value is -1.56. The van der Waals surface area contributed by atoms with Gasteiger partial charge in [-0.3, -0.25) is 4.79 Å². The molecular weight excluding hydrogens is 371 g/mol. The largest absolute Gasteiger partial charge is 0.337 e. The highest BCUT2D eigenvalue weighted by Gasteiger charge is 2.35. The van der Waals surface area contributed by atoms with E-state index in [4.69, 9.17) is 17.3 Å². The summed E-state index contributed by atoms with van der Waals surface area (Å²) in [5.74, 6) is 0.460. The number of amides is 1. The number of hydrogen-bond donors (Lipinski definition) is 1. The van der Waals surface area contributed by atoms with E-state index in [2.05, 4.69) is 5.10 Å². The Morgan fingerprint density at radius 2 is 2.08 bits per heavy atom. The van der Waals surface area contributed by atoms with Gasteiger partial charge in [0.05, 0.1) is 23.1 Å². The number of carbonyl (C=O) groups is 1. The summed E-state index contributed by atoms with van der Waals surface area (Å²) in [5.41, 5.74) is 9.72. The van der Waals surface area contributed by atoms with Crippen molar-refractivity contribution in [3.63, 3.8) is 0 Å². The van der Waals surface area contributed by atoms with Crippen LogP contribution in [0.1, 0.15) is 53.2 Å². The number of nitrogens with zero attached hydrogens (tertiary/aromatic N) is 3. The molecule has 1 amide bonds. The Labute approximate surface area is 164 Å². The third-order valence-corrected chi connectivity index (χ3v) is 5.55. The molecule has 140 valence electrons. The van der Waals surface area contributed by atoms with Crippen molar-refractivity contribution in [3.8, 4) is 5.69 Å². The summed E-state index contributed by atoms with van der Waals surface area (Å²) in [4.78, 5) is 14.9. The van der Waals surface area contributed by atoms with E-state index >= 15 is 0 Å². The minimum atomic E-state index is 0. The van der Waals surface area contributed by atoms with Crippen molar-refractivity contribution < 1.29 is 4.79 Å². The highest BCUT2D eigenvalue weighted by Crippen LogP contribution is 2.43. The van der Waals surface area contributed by atoms with Crippen LogP contribution in [0.25, 0.3) is 5.69 Å². The highest BCUT2D eigenvalue weighted by atomic mass is 35.5. The third kappa shape index (κ3) is 3.61. The van der Waals surface area contributed by atoms with Crippen LogP contribution in [0.5, 0.6) is 0 Å². The van der Waals surface area contributed by atoms with Crippen molar-refractivity contribution in [1.82, 2.24) is 14.7 Å². The summed E-state index contributed by atoms with van der Waals surface area (Å²) in [6.07, 6.45) is 5.87. The molecule has 1 aliphatic heterocycles. The molecular formula is C19H24Cl2N4O. The van der Waals surface area contributed by atoms with Crippen LogP contribution in [0.2, 0.25) is 5.02 Å². The first-order valence-electron chi connectivity index (χ1n) is 8.94. The molecule has 1 atom stereocenters. The highest BCUT2D eigenvalue weighted by molar-refractivity contribution is 6.31. The third-order valence-electron chi connectivity index (χ3n) is 5.15. The molecule has 0 spiro atoms. The number of piperidine rings is 1. The number of benzene rings is 1. The zero-order chi connectivity index (χ0) is 17.6. The second-order valence-corrected chi connectivity index (χ2v) is 7.62. The molecule has 1 saturated carbocycles. The lowest BCUT2D eigenvalue weighted by atomic mass is 10.0. The minimum absolute atomic E-state index is 0. The number of aryl methyl sites for hydroxylation is 1. The molecule has 7 heteroatoms. The van der Waals surface area contributed by atoms with Crippen molar-refractivity contribution in [2.45, 2.75) is 44.6 Å². The van der Waals surface area contributed by atoms with Gasteiger partial charge in [0, 0.05) is 30.1 Å². The molecule has 2 aromatic rings. The lowest BCUT2D eigenvalue weighted by molar-refractivity contribution is 0.0707. The first kappa shape index (κ1) is 19.2. The van der Waals surface area contributed by atoms with Gasteiger partial charge in [-0.25, -0.2) is 4.68 Å². The molecule has 4 rings (SSSR count). The van der Waals surface area contributed by atoms with Crippen LogP contribution in [-0.2, 0) is 0 Å². The van der Waals surface area contributed by atoms with E-state index in [1.807, 2.05) is 34.7 Å². The molecule has 0 bridgehead atoms. The Balaban J connectivity index is 0.00000196. The van der Waals surface area contributed by atoms with E-state index in [9.17, 15) is 4.79 Å². The lowest BCUT2D eigenvalue weighted by Crippen LogP contribution is -2.45. The Morgan fingerprint density at radius 3 is 2.73 bits per heavy atom. The number of aromatic nitrogens is 2. The van der Waals surface area contributed by atoms with Gasteiger partial charge in [0.25, 0.3) is 5.91 Å². The maximum absolute atomic E-state index is 13.1. The topological polar surface area (TPSA) is 64.2 Å². The van der Waals surface area contributed by atoms with Crippen LogP contribution in [0, 0.1) is 6.92 Å². The standard InChI is InChI=1S/C19H23ClN4O.ClH/c1-12-4-7-15(9-17(12)20)24-18(13-5-6-13)16(10-22-24)19(25)23-8-2-3-14(21)11-23;/h4,7,9-10,13-14H,2-3,5-6,8,11,21H2,1H3;1H. The molecule has 2 aliphatic rings. The number of hydrogen-bond acceptors (Lipinski definition) is 3. The monoisotopic (exact) mass is 394 g/mol. The maximum atomic E-state index is 13.1. The quantitative estimate of drug-likeness (QED) is 0.862. The average molecular weight is 395 g/mol. The van der Waals surface area contributed by atoms with E-state index in [1.54, 1.807) is 6.20 Å². The van der Waals surface area contributed by atoms with E-state index in [-0.39, 0.29) is 24.4 Å². The number of halogens is 2. The smallest absolute Gasteiger partial charge is 0.257 e. The number of nitrogens with two attached hydrogens (primary N) is 1. The molecule has 2 heterocycles. The van der Waals surface area contributed by atoms with Crippen molar-refractivity contribution in [2.24, 2.45) is 5.73 Å². The SMILES string of the molecule is Cc1ccc(-n2ncc(C(=O)N3CCCC(N)C3)c2C2CC2)cc1Cl.Cl. The second-order valence-electron chi connectivity index (χ2n) is 7.22. The molecule has 1 saturated heterocycles. The zero-order valence-corrected chi connectivity index (χ0v) is 16.4. The van der Waals surface area contributed by atoms with Crippen LogP contribution < -0.4 is 5.73 Å². The number of likely N-dealkylation sites (tertiary alicyclic amines) is 1. The predicted octanol–water partition coefficient (Wildman–Crippen LogP) is 3.70. The van der Waals surface area contributed by atoms with Crippen LogP contribution in [0.3, 0.4) is 0 Å². The number of carbonyl (C=O) groups excluding carboxylic acids is 1. The molecule has 0 radical (unpaired) electrons. The Kier molecular flexibility index (Phi) is 5.61. The molecule has 1 unspecified atom stereocenters. The van der Waals surface area contributed by atoms with Gasteiger partial charge < -0.3 is 10.6 Å². The van der Waals surface area contributed by atoms with Crippen molar-refractivity contribution >= 4 is 29.9 Å². The fourth-order valence-corrected chi connectivity index (χ4v) is 3.73. The lowest BCUT2D eigenvalue weighted by Gasteiger charge is -2.30. The first-order chi connectivity index (χ1) is 12.0. The number of rotatable bonds is 3. The Bertz CT molecular complexity index is 816. The molecule has 1 aromatic heterocycles. The Morgan fingerprint density at radius 1 is 1.31 bits per heavy atom. The summed E-state index contributed by atoms with van der Waals surface area (Å²) in [6, 6.07) is 5.99. The fourth-order valence-electron chi connectivity index (χ4n) is 3.56. The first-order valence-corrected chi connectivity index (χ1v) is 9.31. The minimum Gasteiger partial charge on any atom is -0.337 e. The van der Waals surface area contributed by atoms with E-state index < -0.39 is 0 Å². The summed E-state index contributed by atoms with van der Waals surface area (Å²) in [6.45, 7) is 3.38. The van der Waals surface area contributed by atoms with Crippen LogP contribution in [0.4, 0.5) is 0 Å². The molecule has 1 aromatic carbocycles. The van der Waals surface area contributed by atoms with Crippen molar-refractivity contribution in [2.75, 3.05) is 13.1 Å². The average Bonchev–Trinajstić information content (AvgIpc) is 3.35. The van der Waals surface area contributed by atoms with Crippen molar-refractivity contribution in [3.05, 3.63) is 46.2 Å². The van der Waals surface area contributed by atoms with E-state index in [1.165, 1.54) is 0 Å². The van der Waals surface area contributed by atoms with E-state index in [0.717, 1.165) is 49.2 Å². The van der Waals surface area contributed by atoms with Gasteiger partial charge in [-0.05, 0) is 50.3 Å². The molecule has 1 aliphatic carbocycles. The van der Waals surface area contributed by atoms with Gasteiger partial charge in [-0.2, -0.15) is 5.10 Å². The van der Waals surface area contributed by atoms with E-state index in [0.29, 0.717) is 23.0 Å². The summed E-state index contributed by atoms with van der Waals surface area (Å²) >= 11 is 6.29. The van der Waals surface area contributed by atoms with Crippen LogP contribution in [-0.4, -0.2) is 39.7 Å². The van der Waals surface area contributed by atoms with Crippen LogP contribution >= 0.6 is 24.0 Å². The predicted molar refractivity (Wildman–Crippen MR) is 106 cm³/mol. The summed E-state index contributed by atoms with van der Waals surface area (Å²) in [7, 11) is 0. The summed E-state index contributed by atoms with van der Waals surface area (Å²) in [5, 5.41) is 5.25. The molecule has 2 fully saturated rings. The molecule has 2 N–H and O–H groups in total.